The van der Waals surface area contributed by atoms with Crippen molar-refractivity contribution in [2.24, 2.45) is 0 Å². The average molecular weight is 274 g/mol. The second-order valence-corrected chi connectivity index (χ2v) is 4.73. The van der Waals surface area contributed by atoms with E-state index in [0.29, 0.717) is 6.61 Å². The summed E-state index contributed by atoms with van der Waals surface area (Å²) in [4.78, 5) is 2.41. The van der Waals surface area contributed by atoms with Crippen LogP contribution in [0.4, 0.5) is 0 Å². The monoisotopic (exact) mass is 274 g/mol. The molecule has 0 aromatic heterocycles. The Morgan fingerprint density at radius 3 is 2.90 bits per heavy atom. The van der Waals surface area contributed by atoms with Crippen LogP contribution in [0.5, 0.6) is 5.75 Å². The molecule has 1 fully saturated rings. The molecule has 0 bridgehead atoms. The first-order valence-electron chi connectivity index (χ1n) is 7.05. The van der Waals surface area contributed by atoms with E-state index in [9.17, 15) is 0 Å². The van der Waals surface area contributed by atoms with Gasteiger partial charge in [-0.25, -0.2) is 0 Å². The Kier molecular flexibility index (Phi) is 6.39. The Morgan fingerprint density at radius 2 is 2.10 bits per heavy atom. The van der Waals surface area contributed by atoms with Crippen molar-refractivity contribution in [1.29, 1.82) is 0 Å². The lowest BCUT2D eigenvalue weighted by atomic mass is 10.2. The number of benzene rings is 1. The minimum atomic E-state index is 0.310. The molecule has 1 N–H and O–H groups in total. The second-order valence-electron chi connectivity index (χ2n) is 4.73. The predicted molar refractivity (Wildman–Crippen MR) is 79.7 cm³/mol. The van der Waals surface area contributed by atoms with E-state index in [1.54, 1.807) is 0 Å². The SMILES string of the molecule is C#CCOc1ccccc1CNCCN1CCOCC1. The van der Waals surface area contributed by atoms with Crippen molar-refractivity contribution in [3.8, 4) is 18.1 Å². The first-order chi connectivity index (χ1) is 9.90. The summed E-state index contributed by atoms with van der Waals surface area (Å²) in [5, 5.41) is 3.45. The summed E-state index contributed by atoms with van der Waals surface area (Å²) in [7, 11) is 0. The minimum Gasteiger partial charge on any atom is -0.481 e. The fraction of sp³-hybridized carbons (Fsp3) is 0.500. The van der Waals surface area contributed by atoms with Gasteiger partial charge in [-0.05, 0) is 6.07 Å². The number of rotatable bonds is 7. The number of morpholine rings is 1. The van der Waals surface area contributed by atoms with Gasteiger partial charge in [-0.2, -0.15) is 0 Å². The molecule has 0 atom stereocenters. The molecule has 108 valence electrons. The highest BCUT2D eigenvalue weighted by Crippen LogP contribution is 2.17. The molecule has 1 aromatic carbocycles. The fourth-order valence-corrected chi connectivity index (χ4v) is 2.20. The molecule has 0 saturated carbocycles. The van der Waals surface area contributed by atoms with Crippen molar-refractivity contribution >= 4 is 0 Å². The number of nitrogens with one attached hydrogen (secondary N) is 1. The summed E-state index contributed by atoms with van der Waals surface area (Å²) in [6, 6.07) is 7.99. The maximum atomic E-state index is 5.53. The van der Waals surface area contributed by atoms with E-state index in [1.165, 1.54) is 0 Å². The van der Waals surface area contributed by atoms with Crippen LogP contribution in [0.1, 0.15) is 5.56 Å². The van der Waals surface area contributed by atoms with Gasteiger partial charge in [0.1, 0.15) is 12.4 Å². The summed E-state index contributed by atoms with van der Waals surface area (Å²) in [5.41, 5.74) is 1.14. The van der Waals surface area contributed by atoms with Crippen molar-refractivity contribution in [2.45, 2.75) is 6.54 Å². The van der Waals surface area contributed by atoms with Gasteiger partial charge in [0.25, 0.3) is 0 Å². The summed E-state index contributed by atoms with van der Waals surface area (Å²) < 4.78 is 10.9. The zero-order chi connectivity index (χ0) is 14.0. The summed E-state index contributed by atoms with van der Waals surface area (Å²) in [6.07, 6.45) is 5.22. The van der Waals surface area contributed by atoms with E-state index in [-0.39, 0.29) is 0 Å². The highest BCUT2D eigenvalue weighted by molar-refractivity contribution is 5.33. The summed E-state index contributed by atoms with van der Waals surface area (Å²) >= 11 is 0. The van der Waals surface area contributed by atoms with E-state index in [2.05, 4.69) is 22.2 Å². The minimum absolute atomic E-state index is 0.310. The molecule has 4 heteroatoms. The number of hydrogen-bond acceptors (Lipinski definition) is 4. The number of ether oxygens (including phenoxy) is 2. The van der Waals surface area contributed by atoms with Crippen LogP contribution in [-0.2, 0) is 11.3 Å². The average Bonchev–Trinajstić information content (AvgIpc) is 2.51. The molecule has 0 radical (unpaired) electrons. The molecular formula is C16H22N2O2. The molecular weight excluding hydrogens is 252 g/mol. The van der Waals surface area contributed by atoms with Crippen molar-refractivity contribution in [3.63, 3.8) is 0 Å². The van der Waals surface area contributed by atoms with Crippen LogP contribution in [0.3, 0.4) is 0 Å². The Hall–Kier alpha value is -1.54. The van der Waals surface area contributed by atoms with Crippen LogP contribution < -0.4 is 10.1 Å². The van der Waals surface area contributed by atoms with E-state index < -0.39 is 0 Å². The molecule has 4 nitrogen and oxygen atoms in total. The van der Waals surface area contributed by atoms with Crippen molar-refractivity contribution in [3.05, 3.63) is 29.8 Å². The molecule has 0 unspecified atom stereocenters. The van der Waals surface area contributed by atoms with E-state index in [1.807, 2.05) is 18.2 Å². The lowest BCUT2D eigenvalue weighted by molar-refractivity contribution is 0.0384. The first-order valence-corrected chi connectivity index (χ1v) is 7.05. The predicted octanol–water partition coefficient (Wildman–Crippen LogP) is 1.12. The van der Waals surface area contributed by atoms with Gasteiger partial charge in [0.15, 0.2) is 0 Å². The molecule has 1 saturated heterocycles. The summed E-state index contributed by atoms with van der Waals surface area (Å²) in [5.74, 6) is 3.36. The number of terminal acetylenes is 1. The standard InChI is InChI=1S/C16H22N2O2/c1-2-11-20-16-6-4-3-5-15(16)14-17-7-8-18-9-12-19-13-10-18/h1,3-6,17H,7-14H2. The van der Waals surface area contributed by atoms with Gasteiger partial charge < -0.3 is 14.8 Å². The van der Waals surface area contributed by atoms with Gasteiger partial charge in [0.2, 0.25) is 0 Å². The van der Waals surface area contributed by atoms with Crippen molar-refractivity contribution < 1.29 is 9.47 Å². The smallest absolute Gasteiger partial charge is 0.148 e. The first kappa shape index (κ1) is 14.9. The molecule has 0 aliphatic carbocycles. The van der Waals surface area contributed by atoms with Gasteiger partial charge in [0.05, 0.1) is 13.2 Å². The van der Waals surface area contributed by atoms with Crippen LogP contribution in [-0.4, -0.2) is 50.9 Å². The number of para-hydroxylation sites is 1. The van der Waals surface area contributed by atoms with Gasteiger partial charge >= 0.3 is 0 Å². The highest BCUT2D eigenvalue weighted by Gasteiger charge is 2.09. The van der Waals surface area contributed by atoms with E-state index >= 15 is 0 Å². The lowest BCUT2D eigenvalue weighted by Crippen LogP contribution is -2.40. The Balaban J connectivity index is 1.71. The Morgan fingerprint density at radius 1 is 1.30 bits per heavy atom. The van der Waals surface area contributed by atoms with Crippen LogP contribution in [0, 0.1) is 12.3 Å². The van der Waals surface area contributed by atoms with E-state index in [0.717, 1.165) is 57.3 Å². The van der Waals surface area contributed by atoms with Crippen molar-refractivity contribution in [1.82, 2.24) is 10.2 Å². The fourth-order valence-electron chi connectivity index (χ4n) is 2.20. The zero-order valence-electron chi connectivity index (χ0n) is 11.8. The van der Waals surface area contributed by atoms with Crippen molar-refractivity contribution in [2.75, 3.05) is 46.0 Å². The number of nitrogens with zero attached hydrogens (tertiary/aromatic N) is 1. The van der Waals surface area contributed by atoms with Gasteiger partial charge in [-0.3, -0.25) is 4.90 Å². The molecule has 0 amide bonds. The lowest BCUT2D eigenvalue weighted by Gasteiger charge is -2.26. The Labute approximate surface area is 121 Å². The largest absolute Gasteiger partial charge is 0.481 e. The quantitative estimate of drug-likeness (QED) is 0.597. The van der Waals surface area contributed by atoms with Crippen LogP contribution in [0.25, 0.3) is 0 Å². The second kappa shape index (κ2) is 8.60. The molecule has 1 aliphatic rings. The topological polar surface area (TPSA) is 33.7 Å². The normalized spacial score (nSPS) is 15.8. The Bertz CT molecular complexity index is 436. The van der Waals surface area contributed by atoms with Gasteiger partial charge in [-0.15, -0.1) is 6.42 Å². The van der Waals surface area contributed by atoms with Crippen LogP contribution in [0.15, 0.2) is 24.3 Å². The maximum Gasteiger partial charge on any atom is 0.148 e. The van der Waals surface area contributed by atoms with Crippen LogP contribution >= 0.6 is 0 Å². The summed E-state index contributed by atoms with van der Waals surface area (Å²) in [6.45, 7) is 6.88. The molecule has 1 heterocycles. The van der Waals surface area contributed by atoms with Gasteiger partial charge in [0, 0.05) is 38.3 Å². The molecule has 20 heavy (non-hydrogen) atoms. The third kappa shape index (κ3) is 4.86. The number of hydrogen-bond donors (Lipinski definition) is 1. The third-order valence-electron chi connectivity index (χ3n) is 3.31. The molecule has 1 aromatic rings. The highest BCUT2D eigenvalue weighted by atomic mass is 16.5. The maximum absolute atomic E-state index is 5.53. The van der Waals surface area contributed by atoms with Gasteiger partial charge in [-0.1, -0.05) is 24.1 Å². The van der Waals surface area contributed by atoms with Crippen LogP contribution in [0.2, 0.25) is 0 Å². The molecule has 0 spiro atoms. The molecule has 2 rings (SSSR count). The molecule has 1 aliphatic heterocycles. The van der Waals surface area contributed by atoms with E-state index in [4.69, 9.17) is 15.9 Å². The zero-order valence-corrected chi connectivity index (χ0v) is 11.8. The third-order valence-corrected chi connectivity index (χ3v) is 3.31.